The molecule has 2 N–H and O–H groups in total. The van der Waals surface area contributed by atoms with Gasteiger partial charge in [-0.2, -0.15) is 5.10 Å². The predicted molar refractivity (Wildman–Crippen MR) is 65.2 cm³/mol. The van der Waals surface area contributed by atoms with Crippen LogP contribution in [0.15, 0.2) is 10.7 Å². The maximum Gasteiger partial charge on any atom is 0.201 e. The van der Waals surface area contributed by atoms with Gasteiger partial charge in [0.2, 0.25) is 5.78 Å². The summed E-state index contributed by atoms with van der Waals surface area (Å²) in [4.78, 5) is 12.4. The minimum Gasteiger partial charge on any atom is -0.319 e. The van der Waals surface area contributed by atoms with Crippen molar-refractivity contribution in [3.05, 3.63) is 16.4 Å². The zero-order valence-electron chi connectivity index (χ0n) is 9.37. The number of hydrogen-bond acceptors (Lipinski definition) is 3. The molecule has 0 radical (unpaired) electrons. The van der Waals surface area contributed by atoms with Crippen molar-refractivity contribution in [3.63, 3.8) is 0 Å². The van der Waals surface area contributed by atoms with Gasteiger partial charge >= 0.3 is 0 Å². The molecule has 1 aliphatic carbocycles. The van der Waals surface area contributed by atoms with Crippen LogP contribution in [0.25, 0.3) is 0 Å². The summed E-state index contributed by atoms with van der Waals surface area (Å²) in [5, 5.41) is 4.06. The van der Waals surface area contributed by atoms with Gasteiger partial charge in [0.05, 0.1) is 16.2 Å². The molecular formula is C11H16BrN3O. The third-order valence-electron chi connectivity index (χ3n) is 3.31. The molecule has 1 aromatic heterocycles. The summed E-state index contributed by atoms with van der Waals surface area (Å²) < 4.78 is 2.32. The predicted octanol–water partition coefficient (Wildman–Crippen LogP) is 2.03. The van der Waals surface area contributed by atoms with E-state index < -0.39 is 5.54 Å². The number of hydrogen-bond donors (Lipinski definition) is 1. The molecule has 88 valence electrons. The molecule has 5 heteroatoms. The molecule has 0 atom stereocenters. The molecule has 1 saturated carbocycles. The number of nitrogens with zero attached hydrogens (tertiary/aromatic N) is 2. The molecule has 4 nitrogen and oxygen atoms in total. The van der Waals surface area contributed by atoms with Crippen molar-refractivity contribution in [2.45, 2.75) is 37.6 Å². The summed E-state index contributed by atoms with van der Waals surface area (Å²) in [6, 6.07) is 0. The zero-order valence-corrected chi connectivity index (χ0v) is 11.0. The third-order valence-corrected chi connectivity index (χ3v) is 3.89. The lowest BCUT2D eigenvalue weighted by Gasteiger charge is -2.31. The second-order valence-electron chi connectivity index (χ2n) is 4.51. The lowest BCUT2D eigenvalue weighted by molar-refractivity contribution is 0.0837. The highest BCUT2D eigenvalue weighted by Crippen LogP contribution is 2.30. The molecule has 0 aliphatic heterocycles. The van der Waals surface area contributed by atoms with Crippen molar-refractivity contribution in [2.24, 2.45) is 12.8 Å². The molecule has 1 aromatic rings. The number of halogens is 1. The van der Waals surface area contributed by atoms with Gasteiger partial charge in [-0.1, -0.05) is 19.3 Å². The maximum atomic E-state index is 12.4. The van der Waals surface area contributed by atoms with Crippen molar-refractivity contribution in [3.8, 4) is 0 Å². The van der Waals surface area contributed by atoms with Crippen LogP contribution in [0.2, 0.25) is 0 Å². The minimum absolute atomic E-state index is 0.0130. The van der Waals surface area contributed by atoms with Gasteiger partial charge in [-0.25, -0.2) is 0 Å². The minimum atomic E-state index is -0.686. The Morgan fingerprint density at radius 2 is 2.12 bits per heavy atom. The molecule has 0 saturated heterocycles. The number of rotatable bonds is 2. The smallest absolute Gasteiger partial charge is 0.201 e. The van der Waals surface area contributed by atoms with E-state index in [9.17, 15) is 4.79 Å². The monoisotopic (exact) mass is 285 g/mol. The lowest BCUT2D eigenvalue weighted by atomic mass is 9.78. The van der Waals surface area contributed by atoms with Crippen LogP contribution in [0, 0.1) is 0 Å². The number of carbonyl (C=O) groups is 1. The van der Waals surface area contributed by atoms with E-state index in [1.807, 2.05) is 0 Å². The second kappa shape index (κ2) is 4.30. The van der Waals surface area contributed by atoms with E-state index in [0.29, 0.717) is 5.69 Å². The van der Waals surface area contributed by atoms with E-state index in [-0.39, 0.29) is 5.78 Å². The summed E-state index contributed by atoms with van der Waals surface area (Å²) >= 11 is 3.35. The van der Waals surface area contributed by atoms with Gasteiger partial charge < -0.3 is 5.73 Å². The standard InChI is InChI=1S/C11H16BrN3O/c1-15-9(8(12)7-14-15)10(16)11(13)5-3-2-4-6-11/h7H,2-6,13H2,1H3. The van der Waals surface area contributed by atoms with E-state index in [1.165, 1.54) is 6.42 Å². The fourth-order valence-corrected chi connectivity index (χ4v) is 2.84. The Bertz CT molecular complexity index is 388. The van der Waals surface area contributed by atoms with Crippen LogP contribution in [0.3, 0.4) is 0 Å². The van der Waals surface area contributed by atoms with Crippen molar-refractivity contribution in [1.82, 2.24) is 9.78 Å². The molecular weight excluding hydrogens is 270 g/mol. The van der Waals surface area contributed by atoms with Crippen LogP contribution in [-0.4, -0.2) is 21.1 Å². The van der Waals surface area contributed by atoms with Crippen LogP contribution in [0.1, 0.15) is 42.6 Å². The molecule has 0 unspecified atom stereocenters. The zero-order chi connectivity index (χ0) is 11.8. The van der Waals surface area contributed by atoms with Crippen molar-refractivity contribution >= 4 is 21.7 Å². The Morgan fingerprint density at radius 1 is 1.50 bits per heavy atom. The van der Waals surface area contributed by atoms with Gasteiger partial charge in [0.1, 0.15) is 5.69 Å². The van der Waals surface area contributed by atoms with E-state index in [4.69, 9.17) is 5.73 Å². The quantitative estimate of drug-likeness (QED) is 0.846. The highest BCUT2D eigenvalue weighted by Gasteiger charge is 2.38. The van der Waals surface area contributed by atoms with Crippen molar-refractivity contribution in [1.29, 1.82) is 0 Å². The summed E-state index contributed by atoms with van der Waals surface area (Å²) in [5.41, 5.74) is 6.12. The number of nitrogens with two attached hydrogens (primary N) is 1. The van der Waals surface area contributed by atoms with E-state index >= 15 is 0 Å². The molecule has 0 amide bonds. The van der Waals surface area contributed by atoms with Gasteiger partial charge in [0.15, 0.2) is 0 Å². The highest BCUT2D eigenvalue weighted by atomic mass is 79.9. The number of ketones is 1. The largest absolute Gasteiger partial charge is 0.319 e. The summed E-state index contributed by atoms with van der Waals surface area (Å²) in [6.45, 7) is 0. The first-order valence-corrected chi connectivity index (χ1v) is 6.35. The molecule has 1 heterocycles. The normalized spacial score (nSPS) is 19.7. The first-order chi connectivity index (χ1) is 7.54. The van der Waals surface area contributed by atoms with Crippen LogP contribution >= 0.6 is 15.9 Å². The van der Waals surface area contributed by atoms with E-state index in [0.717, 1.165) is 30.2 Å². The Balaban J connectivity index is 2.31. The van der Waals surface area contributed by atoms with Gasteiger partial charge in [0.25, 0.3) is 0 Å². The SMILES string of the molecule is Cn1ncc(Br)c1C(=O)C1(N)CCCCC1. The maximum absolute atomic E-state index is 12.4. The molecule has 2 rings (SSSR count). The fourth-order valence-electron chi connectivity index (χ4n) is 2.31. The molecule has 0 spiro atoms. The van der Waals surface area contributed by atoms with Crippen molar-refractivity contribution < 1.29 is 4.79 Å². The first kappa shape index (κ1) is 11.8. The Morgan fingerprint density at radius 3 is 2.62 bits per heavy atom. The number of Topliss-reactive ketones (excluding diaryl/α,β-unsaturated/α-hetero) is 1. The second-order valence-corrected chi connectivity index (χ2v) is 5.36. The summed E-state index contributed by atoms with van der Waals surface area (Å²) in [5.74, 6) is 0.0130. The molecule has 1 aliphatic rings. The Labute approximate surface area is 103 Å². The van der Waals surface area contributed by atoms with Crippen molar-refractivity contribution in [2.75, 3.05) is 0 Å². The number of carbonyl (C=O) groups excluding carboxylic acids is 1. The molecule has 16 heavy (non-hydrogen) atoms. The van der Waals surface area contributed by atoms with Gasteiger partial charge in [-0.15, -0.1) is 0 Å². The average molecular weight is 286 g/mol. The third kappa shape index (κ3) is 1.94. The van der Waals surface area contributed by atoms with E-state index in [1.54, 1.807) is 17.9 Å². The number of aryl methyl sites for hydroxylation is 1. The highest BCUT2D eigenvalue weighted by molar-refractivity contribution is 9.10. The number of aromatic nitrogens is 2. The van der Waals surface area contributed by atoms with Gasteiger partial charge in [-0.3, -0.25) is 9.48 Å². The van der Waals surface area contributed by atoms with Crippen LogP contribution in [0.5, 0.6) is 0 Å². The Kier molecular flexibility index (Phi) is 3.17. The molecule has 0 aromatic carbocycles. The summed E-state index contributed by atoms with van der Waals surface area (Å²) in [7, 11) is 1.77. The molecule has 0 bridgehead atoms. The summed E-state index contributed by atoms with van der Waals surface area (Å²) in [6.07, 6.45) is 6.46. The van der Waals surface area contributed by atoms with E-state index in [2.05, 4.69) is 21.0 Å². The van der Waals surface area contributed by atoms with Crippen LogP contribution in [0.4, 0.5) is 0 Å². The average Bonchev–Trinajstić information content (AvgIpc) is 2.59. The van der Waals surface area contributed by atoms with Crippen LogP contribution in [-0.2, 0) is 7.05 Å². The van der Waals surface area contributed by atoms with Crippen LogP contribution < -0.4 is 5.73 Å². The molecule has 1 fully saturated rings. The topological polar surface area (TPSA) is 60.9 Å². The fraction of sp³-hybridized carbons (Fsp3) is 0.636. The van der Waals surface area contributed by atoms with Gasteiger partial charge in [0, 0.05) is 7.05 Å². The van der Waals surface area contributed by atoms with Gasteiger partial charge in [-0.05, 0) is 28.8 Å². The Hall–Kier alpha value is -0.680. The first-order valence-electron chi connectivity index (χ1n) is 5.56. The lowest BCUT2D eigenvalue weighted by Crippen LogP contribution is -2.50.